The van der Waals surface area contributed by atoms with Crippen molar-refractivity contribution in [2.75, 3.05) is 27.8 Å². The van der Waals surface area contributed by atoms with Crippen LogP contribution in [-0.2, 0) is 18.8 Å². The van der Waals surface area contributed by atoms with Gasteiger partial charge in [0.25, 0.3) is 0 Å². The molecule has 0 bridgehead atoms. The number of fused-ring (bicyclic) bond motifs is 4. The summed E-state index contributed by atoms with van der Waals surface area (Å²) in [7, 11) is 2.82. The highest BCUT2D eigenvalue weighted by Gasteiger charge is 2.52. The molecule has 306 valence electrons. The zero-order valence-corrected chi connectivity index (χ0v) is 37.3. The molecular formula is C52H52BBrO6. The lowest BCUT2D eigenvalue weighted by atomic mass is 9.77. The molecular weight excluding hydrogens is 811 g/mol. The van der Waals surface area contributed by atoms with Crippen molar-refractivity contribution < 1.29 is 28.3 Å². The fourth-order valence-electron chi connectivity index (χ4n) is 7.43. The van der Waals surface area contributed by atoms with E-state index in [1.807, 2.05) is 58.9 Å². The summed E-state index contributed by atoms with van der Waals surface area (Å²) in [5.41, 5.74) is 4.84. The smallest absolute Gasteiger partial charge is 0.468 e. The van der Waals surface area contributed by atoms with E-state index in [-0.39, 0.29) is 24.8 Å². The topological polar surface area (TPSA) is 55.4 Å². The minimum atomic E-state index is -0.424. The lowest BCUT2D eigenvalue weighted by molar-refractivity contribution is 0.00578. The number of hydrogen-bond donors (Lipinski definition) is 0. The largest absolute Gasteiger partial charge is 0.498 e. The van der Waals surface area contributed by atoms with Gasteiger partial charge in [-0.3, -0.25) is 0 Å². The number of rotatable bonds is 8. The summed E-state index contributed by atoms with van der Waals surface area (Å²) in [6.07, 6.45) is 0. The van der Waals surface area contributed by atoms with Crippen LogP contribution in [0.4, 0.5) is 0 Å². The molecule has 6 nitrogen and oxygen atoms in total. The molecule has 0 aliphatic carbocycles. The number of halogens is 1. The van der Waals surface area contributed by atoms with Gasteiger partial charge in [-0.25, -0.2) is 0 Å². The van der Waals surface area contributed by atoms with Crippen molar-refractivity contribution in [2.24, 2.45) is 0 Å². The van der Waals surface area contributed by atoms with Gasteiger partial charge in [-0.1, -0.05) is 126 Å². The van der Waals surface area contributed by atoms with Crippen LogP contribution < -0.4 is 14.9 Å². The number of hydrogen-bond acceptors (Lipinski definition) is 6. The van der Waals surface area contributed by atoms with E-state index < -0.39 is 7.12 Å². The Labute approximate surface area is 362 Å². The Balaban J connectivity index is 0.000000140. The second-order valence-corrected chi connectivity index (χ2v) is 16.9. The van der Waals surface area contributed by atoms with Crippen molar-refractivity contribution in [3.05, 3.63) is 161 Å². The van der Waals surface area contributed by atoms with E-state index in [1.54, 1.807) is 14.2 Å². The lowest BCUT2D eigenvalue weighted by Gasteiger charge is -2.32. The average molecular weight is 864 g/mol. The maximum Gasteiger partial charge on any atom is 0.498 e. The standard InChI is InChI=1S/C23H20O2.C15H23BO4.C14H9Br/c1-16-11-12-22(25-15-24-2)21(13-16)23-19-9-5-3-7-17(19)14-18-8-4-6-10-20(18)23;1-11-7-8-13(18-10-17-6)12(9-11)16-19-14(2,3)15(4,5)20-16;15-14-12-7-3-1-5-10(12)9-11-6-2-4-8-13(11)14/h3-14H,15H2,1-2H3;7-9H,10H2,1-6H3;1-9H. The third kappa shape index (κ3) is 9.24. The number of aryl methyl sites for hydroxylation is 2. The number of methoxy groups -OCH3 is 2. The van der Waals surface area contributed by atoms with Crippen molar-refractivity contribution in [1.29, 1.82) is 0 Å². The molecule has 0 N–H and O–H groups in total. The summed E-state index contributed by atoms with van der Waals surface area (Å²) >= 11 is 3.68. The van der Waals surface area contributed by atoms with Crippen LogP contribution in [0, 0.1) is 13.8 Å². The third-order valence-corrected chi connectivity index (χ3v) is 12.1. The molecule has 60 heavy (non-hydrogen) atoms. The van der Waals surface area contributed by atoms with Crippen molar-refractivity contribution in [3.8, 4) is 22.6 Å². The zero-order valence-electron chi connectivity index (χ0n) is 35.7. The molecule has 0 spiro atoms. The Morgan fingerprint density at radius 3 is 1.38 bits per heavy atom. The zero-order chi connectivity index (χ0) is 42.4. The van der Waals surface area contributed by atoms with Gasteiger partial charge in [0.15, 0.2) is 13.6 Å². The van der Waals surface area contributed by atoms with Gasteiger partial charge < -0.3 is 28.3 Å². The highest BCUT2D eigenvalue weighted by Crippen LogP contribution is 2.41. The Hall–Kier alpha value is -5.22. The average Bonchev–Trinajstić information content (AvgIpc) is 3.47. The first kappa shape index (κ1) is 42.9. The third-order valence-electron chi connectivity index (χ3n) is 11.2. The molecule has 0 saturated carbocycles. The van der Waals surface area contributed by atoms with Crippen molar-refractivity contribution in [1.82, 2.24) is 0 Å². The van der Waals surface area contributed by atoms with Crippen LogP contribution in [0.1, 0.15) is 38.8 Å². The molecule has 0 atom stereocenters. The monoisotopic (exact) mass is 862 g/mol. The van der Waals surface area contributed by atoms with Gasteiger partial charge >= 0.3 is 7.12 Å². The van der Waals surface area contributed by atoms with E-state index in [1.165, 1.54) is 58.7 Å². The van der Waals surface area contributed by atoms with Crippen molar-refractivity contribution in [2.45, 2.75) is 52.7 Å². The van der Waals surface area contributed by atoms with Crippen molar-refractivity contribution >= 4 is 71.6 Å². The first-order valence-electron chi connectivity index (χ1n) is 20.2. The first-order valence-corrected chi connectivity index (χ1v) is 21.0. The van der Waals surface area contributed by atoms with Crippen LogP contribution >= 0.6 is 15.9 Å². The SMILES string of the molecule is Brc1c2ccccc2cc2ccccc12.COCOc1ccc(C)cc1-c1c2ccccc2cc2ccccc12.COCOc1ccc(C)cc1B1OC(C)(C)C(C)(C)O1. The van der Waals surface area contributed by atoms with Gasteiger partial charge in [0, 0.05) is 35.3 Å². The van der Waals surface area contributed by atoms with E-state index in [2.05, 4.69) is 144 Å². The van der Waals surface area contributed by atoms with E-state index >= 15 is 0 Å². The first-order chi connectivity index (χ1) is 28.9. The molecule has 1 aliphatic heterocycles. The summed E-state index contributed by atoms with van der Waals surface area (Å²) in [6.45, 7) is 12.7. The van der Waals surface area contributed by atoms with Crippen LogP contribution in [-0.4, -0.2) is 46.1 Å². The quantitative estimate of drug-likeness (QED) is 0.0862. The summed E-state index contributed by atoms with van der Waals surface area (Å²) in [4.78, 5) is 0. The minimum Gasteiger partial charge on any atom is -0.468 e. The van der Waals surface area contributed by atoms with Gasteiger partial charge in [0.1, 0.15) is 11.5 Å². The summed E-state index contributed by atoms with van der Waals surface area (Å²) in [6, 6.07) is 50.6. The predicted octanol–water partition coefficient (Wildman–Crippen LogP) is 13.0. The van der Waals surface area contributed by atoms with E-state index in [0.29, 0.717) is 0 Å². The Bertz CT molecular complexity index is 2640. The van der Waals surface area contributed by atoms with Crippen LogP contribution in [0.2, 0.25) is 0 Å². The van der Waals surface area contributed by atoms with Crippen LogP contribution in [0.25, 0.3) is 54.2 Å². The second kappa shape index (κ2) is 18.6. The maximum absolute atomic E-state index is 6.08. The Kier molecular flexibility index (Phi) is 13.3. The number of benzene rings is 8. The van der Waals surface area contributed by atoms with E-state index in [4.69, 9.17) is 28.3 Å². The molecule has 0 aromatic heterocycles. The molecule has 0 unspecified atom stereocenters. The maximum atomic E-state index is 6.08. The van der Waals surface area contributed by atoms with E-state index in [0.717, 1.165) is 28.1 Å². The molecule has 8 heteroatoms. The molecule has 1 saturated heterocycles. The van der Waals surface area contributed by atoms with Crippen molar-refractivity contribution in [3.63, 3.8) is 0 Å². The second-order valence-electron chi connectivity index (χ2n) is 16.1. The fourth-order valence-corrected chi connectivity index (χ4v) is 8.15. The van der Waals surface area contributed by atoms with E-state index in [9.17, 15) is 0 Å². The van der Waals surface area contributed by atoms with Crippen LogP contribution in [0.3, 0.4) is 0 Å². The van der Waals surface area contributed by atoms with Crippen LogP contribution in [0.5, 0.6) is 11.5 Å². The summed E-state index contributed by atoms with van der Waals surface area (Å²) in [5.74, 6) is 1.57. The predicted molar refractivity (Wildman–Crippen MR) is 253 cm³/mol. The Morgan fingerprint density at radius 1 is 0.500 bits per heavy atom. The minimum absolute atomic E-state index is 0.204. The summed E-state index contributed by atoms with van der Waals surface area (Å²) in [5, 5.41) is 10.0. The van der Waals surface area contributed by atoms with Gasteiger partial charge in [0.2, 0.25) is 0 Å². The lowest BCUT2D eigenvalue weighted by Crippen LogP contribution is -2.41. The Morgan fingerprint density at radius 2 is 0.900 bits per heavy atom. The molecule has 0 amide bonds. The highest BCUT2D eigenvalue weighted by molar-refractivity contribution is 9.10. The fraction of sp³-hybridized carbons (Fsp3) is 0.231. The van der Waals surface area contributed by atoms with Crippen LogP contribution in [0.15, 0.2) is 150 Å². The van der Waals surface area contributed by atoms with Gasteiger partial charge in [0.05, 0.1) is 11.2 Å². The van der Waals surface area contributed by atoms with Gasteiger partial charge in [-0.05, 0) is 131 Å². The van der Waals surface area contributed by atoms with Gasteiger partial charge in [-0.15, -0.1) is 0 Å². The molecule has 1 aliphatic rings. The molecule has 0 radical (unpaired) electrons. The molecule has 9 rings (SSSR count). The summed E-state index contributed by atoms with van der Waals surface area (Å²) < 4.78 is 34.9. The molecule has 1 heterocycles. The molecule has 8 aromatic rings. The molecule has 1 fully saturated rings. The number of ether oxygens (including phenoxy) is 4. The highest BCUT2D eigenvalue weighted by atomic mass is 79.9. The van der Waals surface area contributed by atoms with Gasteiger partial charge in [-0.2, -0.15) is 0 Å². The molecule has 8 aromatic carbocycles. The normalized spacial score (nSPS) is 14.1.